The van der Waals surface area contributed by atoms with Crippen LogP contribution in [0.5, 0.6) is 5.75 Å². The van der Waals surface area contributed by atoms with Crippen molar-refractivity contribution in [1.82, 2.24) is 9.88 Å². The van der Waals surface area contributed by atoms with Crippen molar-refractivity contribution in [3.8, 4) is 16.9 Å². The van der Waals surface area contributed by atoms with Gasteiger partial charge < -0.3 is 10.1 Å². The fraction of sp³-hybridized carbons (Fsp3) is 0.182. The summed E-state index contributed by atoms with van der Waals surface area (Å²) < 4.78 is 40.8. The average Bonchev–Trinajstić information content (AvgIpc) is 2.96. The first-order valence-corrected chi connectivity index (χ1v) is 14.8. The van der Waals surface area contributed by atoms with Crippen LogP contribution in [-0.2, 0) is 11.0 Å². The minimum Gasteiger partial charge on any atom is -0.507 e. The molecule has 0 atom stereocenters. The number of carbonyl (C=O) groups excluding carboxylic acids is 1. The highest BCUT2D eigenvalue weighted by atomic mass is 35.5. The standard InChI is InChI=1S/C33H27ClF3N2O3S/c1-39(18-21-8-4-7-20-6-2-3-10-25(20)21)15-5-9-24(40)19-43-31-30(27-17-23(34)12-14-29(27)41)26-16-22(33(35,36)37)11-13-28(26)38-32(31)42/h2-4,6-8,10-14,16-18,41H,5,9,15,19H2,1H3,(H,38,42). The molecule has 0 aliphatic carbocycles. The number of nitrogens with one attached hydrogen (secondary N) is 1. The maximum absolute atomic E-state index is 13.6. The number of hydrogen-bond acceptors (Lipinski definition) is 5. The molecule has 0 fully saturated rings. The van der Waals surface area contributed by atoms with Crippen molar-refractivity contribution in [1.29, 1.82) is 0 Å². The van der Waals surface area contributed by atoms with E-state index in [4.69, 9.17) is 11.6 Å². The van der Waals surface area contributed by atoms with Crippen molar-refractivity contribution in [2.75, 3.05) is 19.3 Å². The molecule has 5 aromatic rings. The number of ketones is 1. The van der Waals surface area contributed by atoms with Gasteiger partial charge in [0.25, 0.3) is 5.56 Å². The van der Waals surface area contributed by atoms with E-state index >= 15 is 0 Å². The SMILES string of the molecule is CN([CH]c1cccc2ccccc12)CCCC(=O)CSc1c(-c2cc(Cl)ccc2O)c2cc(C(F)(F)F)ccc2[nH]c1=O. The third-order valence-corrected chi connectivity index (χ3v) is 8.43. The Morgan fingerprint density at radius 1 is 1.02 bits per heavy atom. The molecule has 1 aromatic heterocycles. The van der Waals surface area contributed by atoms with Gasteiger partial charge in [-0.1, -0.05) is 54.1 Å². The lowest BCUT2D eigenvalue weighted by Gasteiger charge is -2.17. The number of benzene rings is 4. The van der Waals surface area contributed by atoms with Crippen molar-refractivity contribution in [2.24, 2.45) is 0 Å². The predicted molar refractivity (Wildman–Crippen MR) is 167 cm³/mol. The molecule has 5 nitrogen and oxygen atoms in total. The van der Waals surface area contributed by atoms with Crippen molar-refractivity contribution in [3.05, 3.63) is 112 Å². The first-order valence-electron chi connectivity index (χ1n) is 13.4. The second-order valence-corrected chi connectivity index (χ2v) is 11.6. The van der Waals surface area contributed by atoms with Gasteiger partial charge in [0.05, 0.1) is 22.8 Å². The van der Waals surface area contributed by atoms with Crippen molar-refractivity contribution < 1.29 is 23.1 Å². The van der Waals surface area contributed by atoms with Gasteiger partial charge in [0.2, 0.25) is 0 Å². The Morgan fingerprint density at radius 3 is 2.58 bits per heavy atom. The third-order valence-electron chi connectivity index (χ3n) is 7.05. The third kappa shape index (κ3) is 7.06. The van der Waals surface area contributed by atoms with E-state index in [1.807, 2.05) is 42.8 Å². The van der Waals surface area contributed by atoms with Gasteiger partial charge in [0.15, 0.2) is 0 Å². The molecule has 5 rings (SSSR count). The largest absolute Gasteiger partial charge is 0.507 e. The molecule has 1 radical (unpaired) electrons. The number of nitrogens with zero attached hydrogens (tertiary/aromatic N) is 1. The number of aromatic hydroxyl groups is 1. The number of Topliss-reactive ketones (excluding diaryl/α,β-unsaturated/α-hetero) is 1. The number of alkyl halides is 3. The summed E-state index contributed by atoms with van der Waals surface area (Å²) in [6.07, 6.45) is -3.80. The summed E-state index contributed by atoms with van der Waals surface area (Å²) in [7, 11) is 1.94. The minimum atomic E-state index is -4.63. The number of hydrogen-bond donors (Lipinski definition) is 2. The number of fused-ring (bicyclic) bond motifs is 2. The fourth-order valence-electron chi connectivity index (χ4n) is 4.98. The first kappa shape index (κ1) is 30.7. The lowest BCUT2D eigenvalue weighted by atomic mass is 9.98. The van der Waals surface area contributed by atoms with Gasteiger partial charge in [-0.15, -0.1) is 11.8 Å². The number of carbonyl (C=O) groups is 1. The molecule has 2 N–H and O–H groups in total. The maximum Gasteiger partial charge on any atom is 0.416 e. The van der Waals surface area contributed by atoms with E-state index in [1.165, 1.54) is 24.3 Å². The van der Waals surface area contributed by atoms with Crippen molar-refractivity contribution >= 4 is 50.8 Å². The summed E-state index contributed by atoms with van der Waals surface area (Å²) in [5, 5.41) is 13.2. The van der Waals surface area contributed by atoms with E-state index in [0.29, 0.717) is 13.0 Å². The number of aromatic amines is 1. The van der Waals surface area contributed by atoms with Crippen LogP contribution in [0.25, 0.3) is 32.8 Å². The van der Waals surface area contributed by atoms with Gasteiger partial charge in [0.1, 0.15) is 11.5 Å². The molecule has 0 amide bonds. The van der Waals surface area contributed by atoms with Crippen LogP contribution in [-0.4, -0.2) is 40.1 Å². The summed E-state index contributed by atoms with van der Waals surface area (Å²) >= 11 is 7.09. The van der Waals surface area contributed by atoms with Crippen molar-refractivity contribution in [2.45, 2.75) is 23.9 Å². The van der Waals surface area contributed by atoms with Crippen molar-refractivity contribution in [3.63, 3.8) is 0 Å². The van der Waals surface area contributed by atoms with Gasteiger partial charge in [-0.05, 0) is 72.7 Å². The number of rotatable bonds is 10. The van der Waals surface area contributed by atoms with E-state index in [1.54, 1.807) is 0 Å². The van der Waals surface area contributed by atoms with Gasteiger partial charge in [-0.25, -0.2) is 0 Å². The van der Waals surface area contributed by atoms with E-state index in [-0.39, 0.29) is 55.7 Å². The molecule has 0 unspecified atom stereocenters. The second-order valence-electron chi connectivity index (χ2n) is 10.2. The lowest BCUT2D eigenvalue weighted by molar-refractivity contribution is -0.137. The molecule has 0 saturated heterocycles. The fourth-order valence-corrected chi connectivity index (χ4v) is 6.15. The monoisotopic (exact) mass is 623 g/mol. The van der Waals surface area contributed by atoms with Crippen LogP contribution in [0.3, 0.4) is 0 Å². The Balaban J connectivity index is 1.33. The molecule has 10 heteroatoms. The Morgan fingerprint density at radius 2 is 1.79 bits per heavy atom. The zero-order chi connectivity index (χ0) is 30.7. The number of halogens is 4. The Bertz CT molecular complexity index is 1870. The Labute approximate surface area is 255 Å². The molecule has 0 aliphatic heterocycles. The number of H-pyrrole nitrogens is 1. The molecule has 0 spiro atoms. The summed E-state index contributed by atoms with van der Waals surface area (Å²) in [4.78, 5) is 30.7. The first-order chi connectivity index (χ1) is 20.5. The summed E-state index contributed by atoms with van der Waals surface area (Å²) in [5.74, 6) is -0.445. The molecule has 0 bridgehead atoms. The van der Waals surface area contributed by atoms with E-state index < -0.39 is 17.3 Å². The maximum atomic E-state index is 13.6. The van der Waals surface area contributed by atoms with Crippen LogP contribution >= 0.6 is 23.4 Å². The Hall–Kier alpha value is -3.79. The highest BCUT2D eigenvalue weighted by molar-refractivity contribution is 8.00. The molecular weight excluding hydrogens is 597 g/mol. The summed E-state index contributed by atoms with van der Waals surface area (Å²) in [6, 6.07) is 21.3. The average molecular weight is 624 g/mol. The lowest BCUT2D eigenvalue weighted by Crippen LogP contribution is -2.18. The second kappa shape index (κ2) is 12.8. The number of phenolic OH excluding ortho intramolecular Hbond substituents is 1. The molecule has 4 aromatic carbocycles. The molecular formula is C33H27ClF3N2O3S. The van der Waals surface area contributed by atoms with Crippen LogP contribution in [0, 0.1) is 6.54 Å². The minimum absolute atomic E-state index is 0.0270. The van der Waals surface area contributed by atoms with Crippen LogP contribution in [0.1, 0.15) is 24.0 Å². The van der Waals surface area contributed by atoms with Crippen LogP contribution < -0.4 is 5.56 Å². The Kier molecular flexibility index (Phi) is 9.15. The van der Waals surface area contributed by atoms with Gasteiger partial charge in [-0.2, -0.15) is 13.2 Å². The zero-order valence-corrected chi connectivity index (χ0v) is 24.6. The van der Waals surface area contributed by atoms with Gasteiger partial charge >= 0.3 is 6.18 Å². The van der Waals surface area contributed by atoms with Crippen LogP contribution in [0.15, 0.2) is 88.6 Å². The zero-order valence-electron chi connectivity index (χ0n) is 23.0. The van der Waals surface area contributed by atoms with Gasteiger partial charge in [-0.3, -0.25) is 14.5 Å². The van der Waals surface area contributed by atoms with E-state index in [9.17, 15) is 27.9 Å². The predicted octanol–water partition coefficient (Wildman–Crippen LogP) is 8.31. The number of thioether (sulfide) groups is 1. The molecule has 1 heterocycles. The molecule has 221 valence electrons. The quantitative estimate of drug-likeness (QED) is 0.153. The topological polar surface area (TPSA) is 73.4 Å². The number of aromatic nitrogens is 1. The highest BCUT2D eigenvalue weighted by Gasteiger charge is 2.31. The normalized spacial score (nSPS) is 12.0. The van der Waals surface area contributed by atoms with E-state index in [2.05, 4.69) is 23.2 Å². The smallest absolute Gasteiger partial charge is 0.416 e. The molecule has 0 saturated carbocycles. The summed E-state index contributed by atoms with van der Waals surface area (Å²) in [6.45, 7) is 2.66. The number of phenols is 1. The molecule has 0 aliphatic rings. The van der Waals surface area contributed by atoms with Crippen LogP contribution in [0.4, 0.5) is 13.2 Å². The number of pyridine rings is 1. The summed E-state index contributed by atoms with van der Waals surface area (Å²) in [5.41, 5.74) is -0.0670. The van der Waals surface area contributed by atoms with E-state index in [0.717, 1.165) is 40.2 Å². The molecule has 43 heavy (non-hydrogen) atoms. The highest BCUT2D eigenvalue weighted by Crippen LogP contribution is 2.42. The van der Waals surface area contributed by atoms with Gasteiger partial charge in [0, 0.05) is 33.5 Å². The van der Waals surface area contributed by atoms with Crippen LogP contribution in [0.2, 0.25) is 5.02 Å².